The van der Waals surface area contributed by atoms with Gasteiger partial charge in [0.1, 0.15) is 48.8 Å². The number of methoxy groups -OCH3 is 1. The number of aliphatic hydroxyl groups is 7. The lowest BCUT2D eigenvalue weighted by molar-refractivity contribution is -0.364. The van der Waals surface area contributed by atoms with Crippen LogP contribution >= 0.6 is 0 Å². The SMILES string of the molecule is CO[C@@H]1O[C@H](CO)[C@@H](O)[C@H](O)[C@H]1O[C@@H]1O[C@H](CO)[C@@H](O)[C@H](O)[C@H]1O. The summed E-state index contributed by atoms with van der Waals surface area (Å²) < 4.78 is 20.8. The molecule has 2 rings (SSSR count). The highest BCUT2D eigenvalue weighted by Crippen LogP contribution is 2.29. The van der Waals surface area contributed by atoms with Gasteiger partial charge < -0.3 is 54.7 Å². The fourth-order valence-electron chi connectivity index (χ4n) is 2.73. The molecular weight excluding hydrogens is 332 g/mol. The van der Waals surface area contributed by atoms with E-state index in [4.69, 9.17) is 29.2 Å². The van der Waals surface area contributed by atoms with Crippen molar-refractivity contribution in [1.29, 1.82) is 0 Å². The van der Waals surface area contributed by atoms with Crippen LogP contribution < -0.4 is 0 Å². The molecule has 11 nitrogen and oxygen atoms in total. The first-order valence-corrected chi connectivity index (χ1v) is 7.46. The summed E-state index contributed by atoms with van der Waals surface area (Å²) in [6.07, 6.45) is -14.3. The van der Waals surface area contributed by atoms with Gasteiger partial charge in [-0.2, -0.15) is 0 Å². The Bertz CT molecular complexity index is 392. The first-order chi connectivity index (χ1) is 11.3. The molecule has 7 N–H and O–H groups in total. The van der Waals surface area contributed by atoms with Crippen LogP contribution in [-0.2, 0) is 18.9 Å². The third-order valence-electron chi connectivity index (χ3n) is 4.20. The molecule has 0 unspecified atom stereocenters. The van der Waals surface area contributed by atoms with Crippen LogP contribution in [0.3, 0.4) is 0 Å². The van der Waals surface area contributed by atoms with Crippen LogP contribution in [0.15, 0.2) is 0 Å². The molecule has 0 radical (unpaired) electrons. The maximum atomic E-state index is 10.2. The van der Waals surface area contributed by atoms with Crippen molar-refractivity contribution in [3.05, 3.63) is 0 Å². The van der Waals surface area contributed by atoms with Gasteiger partial charge in [0.05, 0.1) is 13.2 Å². The lowest BCUT2D eigenvalue weighted by Gasteiger charge is -2.45. The molecule has 0 bridgehead atoms. The molecule has 0 aliphatic carbocycles. The van der Waals surface area contributed by atoms with E-state index in [0.717, 1.165) is 0 Å². The predicted octanol–water partition coefficient (Wildman–Crippen LogP) is -4.74. The Hall–Kier alpha value is -0.440. The molecule has 0 saturated carbocycles. The molecule has 24 heavy (non-hydrogen) atoms. The Kier molecular flexibility index (Phi) is 6.87. The van der Waals surface area contributed by atoms with Gasteiger partial charge in [-0.25, -0.2) is 0 Å². The van der Waals surface area contributed by atoms with E-state index >= 15 is 0 Å². The van der Waals surface area contributed by atoms with Gasteiger partial charge in [-0.3, -0.25) is 0 Å². The van der Waals surface area contributed by atoms with Gasteiger partial charge in [0.25, 0.3) is 0 Å². The molecule has 0 spiro atoms. The van der Waals surface area contributed by atoms with E-state index in [1.54, 1.807) is 0 Å². The third kappa shape index (κ3) is 3.71. The van der Waals surface area contributed by atoms with E-state index < -0.39 is 74.6 Å². The molecular formula is C13H24O11. The number of ether oxygens (including phenoxy) is 4. The summed E-state index contributed by atoms with van der Waals surface area (Å²) in [5.74, 6) is 0. The summed E-state index contributed by atoms with van der Waals surface area (Å²) in [6.45, 7) is -1.21. The van der Waals surface area contributed by atoms with Crippen LogP contribution in [0.25, 0.3) is 0 Å². The van der Waals surface area contributed by atoms with Crippen molar-refractivity contribution in [2.75, 3.05) is 20.3 Å². The Balaban J connectivity index is 2.12. The molecule has 142 valence electrons. The molecule has 2 saturated heterocycles. The second kappa shape index (κ2) is 8.29. The van der Waals surface area contributed by atoms with Crippen LogP contribution in [0.2, 0.25) is 0 Å². The van der Waals surface area contributed by atoms with Gasteiger partial charge in [0.2, 0.25) is 0 Å². The van der Waals surface area contributed by atoms with Crippen molar-refractivity contribution >= 4 is 0 Å². The highest BCUT2D eigenvalue weighted by atomic mass is 16.8. The van der Waals surface area contributed by atoms with Crippen LogP contribution in [-0.4, -0.2) is 117 Å². The minimum Gasteiger partial charge on any atom is -0.394 e. The zero-order chi connectivity index (χ0) is 18.0. The Labute approximate surface area is 137 Å². The van der Waals surface area contributed by atoms with E-state index in [9.17, 15) is 25.5 Å². The highest BCUT2D eigenvalue weighted by molar-refractivity contribution is 4.93. The Morgan fingerprint density at radius 3 is 1.71 bits per heavy atom. The van der Waals surface area contributed by atoms with Crippen molar-refractivity contribution in [2.45, 2.75) is 61.4 Å². The molecule has 2 aliphatic rings. The fourth-order valence-corrected chi connectivity index (χ4v) is 2.73. The molecule has 0 amide bonds. The van der Waals surface area contributed by atoms with Crippen molar-refractivity contribution in [3.63, 3.8) is 0 Å². The minimum absolute atomic E-state index is 0.565. The van der Waals surface area contributed by atoms with Crippen LogP contribution in [0, 0.1) is 0 Å². The van der Waals surface area contributed by atoms with Gasteiger partial charge >= 0.3 is 0 Å². The van der Waals surface area contributed by atoms with Crippen molar-refractivity contribution in [2.24, 2.45) is 0 Å². The maximum absolute atomic E-state index is 10.2. The topological polar surface area (TPSA) is 179 Å². The first-order valence-electron chi connectivity index (χ1n) is 7.46. The highest BCUT2D eigenvalue weighted by Gasteiger charge is 2.50. The monoisotopic (exact) mass is 356 g/mol. The van der Waals surface area contributed by atoms with Crippen LogP contribution in [0.1, 0.15) is 0 Å². The second-order valence-electron chi connectivity index (χ2n) is 5.74. The zero-order valence-electron chi connectivity index (χ0n) is 13.0. The molecule has 0 aromatic carbocycles. The number of aliphatic hydroxyl groups excluding tert-OH is 7. The number of rotatable bonds is 5. The largest absolute Gasteiger partial charge is 0.394 e. The van der Waals surface area contributed by atoms with Crippen molar-refractivity contribution < 1.29 is 54.7 Å². The average Bonchev–Trinajstić information content (AvgIpc) is 2.59. The minimum atomic E-state index is -1.68. The standard InChI is InChI=1S/C13H24O11/c1-21-13-11(9(19)7(17)5(3-15)23-13)24-12-10(20)8(18)6(16)4(2-14)22-12/h4-20H,2-3H2,1H3/t4-,5-,6-,7-,8+,9+,10-,11-,12+,13-/m1/s1. The summed E-state index contributed by atoms with van der Waals surface area (Å²) in [4.78, 5) is 0. The molecule has 2 heterocycles. The Morgan fingerprint density at radius 1 is 0.708 bits per heavy atom. The summed E-state index contributed by atoms with van der Waals surface area (Å²) in [5, 5.41) is 67.8. The molecule has 10 atom stereocenters. The summed E-state index contributed by atoms with van der Waals surface area (Å²) in [7, 11) is 1.24. The van der Waals surface area contributed by atoms with E-state index in [2.05, 4.69) is 0 Å². The average molecular weight is 356 g/mol. The molecule has 11 heteroatoms. The van der Waals surface area contributed by atoms with E-state index in [1.807, 2.05) is 0 Å². The second-order valence-corrected chi connectivity index (χ2v) is 5.74. The smallest absolute Gasteiger partial charge is 0.187 e. The number of hydrogen-bond donors (Lipinski definition) is 7. The fraction of sp³-hybridized carbons (Fsp3) is 1.00. The molecule has 2 fully saturated rings. The summed E-state index contributed by atoms with van der Waals surface area (Å²) in [5.41, 5.74) is 0. The normalized spacial score (nSPS) is 50.0. The first kappa shape index (κ1) is 19.9. The summed E-state index contributed by atoms with van der Waals surface area (Å²) in [6, 6.07) is 0. The third-order valence-corrected chi connectivity index (χ3v) is 4.20. The van der Waals surface area contributed by atoms with Gasteiger partial charge in [-0.15, -0.1) is 0 Å². The molecule has 0 aromatic rings. The maximum Gasteiger partial charge on any atom is 0.187 e. The van der Waals surface area contributed by atoms with E-state index in [-0.39, 0.29) is 0 Å². The van der Waals surface area contributed by atoms with Gasteiger partial charge in [0.15, 0.2) is 12.6 Å². The van der Waals surface area contributed by atoms with Gasteiger partial charge in [-0.1, -0.05) is 0 Å². The zero-order valence-corrected chi connectivity index (χ0v) is 13.0. The van der Waals surface area contributed by atoms with E-state index in [1.165, 1.54) is 7.11 Å². The van der Waals surface area contributed by atoms with Gasteiger partial charge in [0, 0.05) is 7.11 Å². The van der Waals surface area contributed by atoms with Crippen LogP contribution in [0.5, 0.6) is 0 Å². The van der Waals surface area contributed by atoms with Crippen LogP contribution in [0.4, 0.5) is 0 Å². The predicted molar refractivity (Wildman–Crippen MR) is 73.4 cm³/mol. The van der Waals surface area contributed by atoms with Crippen molar-refractivity contribution in [1.82, 2.24) is 0 Å². The van der Waals surface area contributed by atoms with Crippen molar-refractivity contribution in [3.8, 4) is 0 Å². The number of hydrogen-bond acceptors (Lipinski definition) is 11. The lowest BCUT2D eigenvalue weighted by atomic mass is 9.97. The van der Waals surface area contributed by atoms with Gasteiger partial charge in [-0.05, 0) is 0 Å². The quantitative estimate of drug-likeness (QED) is 0.251. The lowest BCUT2D eigenvalue weighted by Crippen LogP contribution is -2.64. The van der Waals surface area contributed by atoms with E-state index in [0.29, 0.717) is 0 Å². The molecule has 2 aliphatic heterocycles. The Morgan fingerprint density at radius 2 is 1.21 bits per heavy atom. The molecule has 0 aromatic heterocycles. The summed E-state index contributed by atoms with van der Waals surface area (Å²) >= 11 is 0.